The van der Waals surface area contributed by atoms with Crippen molar-refractivity contribution < 1.29 is 9.53 Å². The summed E-state index contributed by atoms with van der Waals surface area (Å²) in [5, 5.41) is 4.18. The standard InChI is InChI=1S/C24H27N5O2S/c1-27(2)15-16-29-22(21(26-24(29)32)18-10-6-7-13-25-18)20-12-8-14-28(20)19-11-5-4-9-17(19)23(30)31-3/h4-14,21-22H,15-16H2,1-3H3,(H,26,32). The first-order valence-corrected chi connectivity index (χ1v) is 10.9. The van der Waals surface area contributed by atoms with Crippen molar-refractivity contribution in [2.45, 2.75) is 12.1 Å². The molecule has 1 fully saturated rings. The average molecular weight is 450 g/mol. The largest absolute Gasteiger partial charge is 0.465 e. The molecule has 0 radical (unpaired) electrons. The first-order chi connectivity index (χ1) is 15.5. The van der Waals surface area contributed by atoms with Gasteiger partial charge in [0, 0.05) is 31.2 Å². The monoisotopic (exact) mass is 449 g/mol. The van der Waals surface area contributed by atoms with Crippen molar-refractivity contribution in [2.24, 2.45) is 0 Å². The van der Waals surface area contributed by atoms with Gasteiger partial charge in [-0.25, -0.2) is 4.79 Å². The van der Waals surface area contributed by atoms with E-state index in [1.165, 1.54) is 7.11 Å². The number of hydrogen-bond acceptors (Lipinski definition) is 5. The number of carbonyl (C=O) groups excluding carboxylic acids is 1. The smallest absolute Gasteiger partial charge is 0.339 e. The number of para-hydroxylation sites is 1. The lowest BCUT2D eigenvalue weighted by Gasteiger charge is -2.30. The molecule has 1 aliphatic heterocycles. The van der Waals surface area contributed by atoms with Gasteiger partial charge in [-0.15, -0.1) is 0 Å². The number of pyridine rings is 1. The predicted molar refractivity (Wildman–Crippen MR) is 128 cm³/mol. The Morgan fingerprint density at radius 1 is 1.16 bits per heavy atom. The molecule has 1 aliphatic rings. The second-order valence-corrected chi connectivity index (χ2v) is 8.32. The molecule has 0 spiro atoms. The number of aromatic nitrogens is 2. The number of nitrogens with one attached hydrogen (secondary N) is 1. The van der Waals surface area contributed by atoms with E-state index in [4.69, 9.17) is 17.0 Å². The molecule has 3 aromatic rings. The lowest BCUT2D eigenvalue weighted by Crippen LogP contribution is -2.36. The summed E-state index contributed by atoms with van der Waals surface area (Å²) in [6.45, 7) is 1.61. The van der Waals surface area contributed by atoms with E-state index in [2.05, 4.69) is 26.2 Å². The molecule has 0 saturated carbocycles. The Balaban J connectivity index is 1.82. The molecule has 2 unspecified atom stereocenters. The van der Waals surface area contributed by atoms with Crippen LogP contribution in [0.5, 0.6) is 0 Å². The molecule has 4 rings (SSSR count). The molecular formula is C24H27N5O2S. The highest BCUT2D eigenvalue weighted by Gasteiger charge is 2.41. The van der Waals surface area contributed by atoms with Crippen molar-refractivity contribution in [1.82, 2.24) is 24.7 Å². The molecule has 0 amide bonds. The first-order valence-electron chi connectivity index (χ1n) is 10.5. The van der Waals surface area contributed by atoms with E-state index in [0.717, 1.165) is 30.2 Å². The van der Waals surface area contributed by atoms with Crippen molar-refractivity contribution in [3.63, 3.8) is 0 Å². The fraction of sp³-hybridized carbons (Fsp3) is 0.292. The molecule has 1 N–H and O–H groups in total. The number of rotatable bonds is 7. The SMILES string of the molecule is COC(=O)c1ccccc1-n1cccc1C1C(c2ccccn2)NC(=S)N1CCN(C)C. The van der Waals surface area contributed by atoms with E-state index in [9.17, 15) is 4.79 Å². The molecule has 0 aliphatic carbocycles. The van der Waals surface area contributed by atoms with Gasteiger partial charge < -0.3 is 24.4 Å². The molecule has 8 heteroatoms. The summed E-state index contributed by atoms with van der Waals surface area (Å²) in [7, 11) is 5.50. The van der Waals surface area contributed by atoms with Gasteiger partial charge in [0.1, 0.15) is 0 Å². The number of esters is 1. The Bertz CT molecular complexity index is 1100. The number of likely N-dealkylation sites (N-methyl/N-ethyl adjacent to an activating group) is 1. The van der Waals surface area contributed by atoms with Gasteiger partial charge in [-0.1, -0.05) is 18.2 Å². The second-order valence-electron chi connectivity index (χ2n) is 7.94. The number of nitrogens with zero attached hydrogens (tertiary/aromatic N) is 4. The molecule has 7 nitrogen and oxygen atoms in total. The third-order valence-corrected chi connectivity index (χ3v) is 5.99. The minimum Gasteiger partial charge on any atom is -0.465 e. The zero-order chi connectivity index (χ0) is 22.7. The molecule has 0 bridgehead atoms. The van der Waals surface area contributed by atoms with Crippen molar-refractivity contribution >= 4 is 23.3 Å². The third-order valence-electron chi connectivity index (χ3n) is 5.64. The zero-order valence-electron chi connectivity index (χ0n) is 18.4. The van der Waals surface area contributed by atoms with Gasteiger partial charge in [0.05, 0.1) is 36.1 Å². The fourth-order valence-electron chi connectivity index (χ4n) is 4.10. The van der Waals surface area contributed by atoms with Gasteiger partial charge in [-0.2, -0.15) is 0 Å². The number of methoxy groups -OCH3 is 1. The van der Waals surface area contributed by atoms with Crippen molar-refractivity contribution in [1.29, 1.82) is 0 Å². The Morgan fingerprint density at radius 2 is 1.94 bits per heavy atom. The van der Waals surface area contributed by atoms with E-state index < -0.39 is 0 Å². The van der Waals surface area contributed by atoms with Gasteiger partial charge in [0.15, 0.2) is 5.11 Å². The maximum absolute atomic E-state index is 12.4. The predicted octanol–water partition coefficient (Wildman–Crippen LogP) is 3.19. The Hall–Kier alpha value is -3.23. The summed E-state index contributed by atoms with van der Waals surface area (Å²) in [6.07, 6.45) is 3.77. The van der Waals surface area contributed by atoms with Crippen LogP contribution < -0.4 is 5.32 Å². The fourth-order valence-corrected chi connectivity index (χ4v) is 4.43. The minimum absolute atomic E-state index is 0.0990. The number of carbonyl (C=O) groups is 1. The second kappa shape index (κ2) is 9.50. The highest BCUT2D eigenvalue weighted by atomic mass is 32.1. The molecule has 32 heavy (non-hydrogen) atoms. The molecule has 2 atom stereocenters. The van der Waals surface area contributed by atoms with Gasteiger partial charge in [-0.05, 0) is 62.7 Å². The summed E-state index contributed by atoms with van der Waals surface area (Å²) < 4.78 is 7.07. The summed E-state index contributed by atoms with van der Waals surface area (Å²) in [4.78, 5) is 21.4. The maximum Gasteiger partial charge on any atom is 0.339 e. The van der Waals surface area contributed by atoms with Gasteiger partial charge >= 0.3 is 5.97 Å². The van der Waals surface area contributed by atoms with Crippen LogP contribution in [0.25, 0.3) is 5.69 Å². The summed E-state index contributed by atoms with van der Waals surface area (Å²) >= 11 is 5.75. The highest BCUT2D eigenvalue weighted by molar-refractivity contribution is 7.80. The topological polar surface area (TPSA) is 62.6 Å². The Morgan fingerprint density at radius 3 is 2.66 bits per heavy atom. The number of hydrogen-bond donors (Lipinski definition) is 1. The van der Waals surface area contributed by atoms with Crippen LogP contribution in [-0.2, 0) is 4.74 Å². The van der Waals surface area contributed by atoms with Crippen LogP contribution in [0.2, 0.25) is 0 Å². The van der Waals surface area contributed by atoms with Crippen LogP contribution >= 0.6 is 12.2 Å². The first kappa shape index (κ1) is 22.0. The molecule has 166 valence electrons. The lowest BCUT2D eigenvalue weighted by atomic mass is 10.0. The van der Waals surface area contributed by atoms with E-state index in [1.54, 1.807) is 12.3 Å². The van der Waals surface area contributed by atoms with Gasteiger partial charge in [0.25, 0.3) is 0 Å². The van der Waals surface area contributed by atoms with E-state index in [1.807, 2.05) is 67.3 Å². The minimum atomic E-state index is -0.369. The summed E-state index contributed by atoms with van der Waals surface area (Å²) in [6, 6.07) is 17.2. The lowest BCUT2D eigenvalue weighted by molar-refractivity contribution is 0.0600. The molecule has 1 saturated heterocycles. The summed E-state index contributed by atoms with van der Waals surface area (Å²) in [5.74, 6) is -0.369. The van der Waals surface area contributed by atoms with Crippen molar-refractivity contribution in [3.05, 3.63) is 83.9 Å². The third kappa shape index (κ3) is 4.24. The average Bonchev–Trinajstić information content (AvgIpc) is 3.41. The maximum atomic E-state index is 12.4. The van der Waals surface area contributed by atoms with Crippen molar-refractivity contribution in [2.75, 3.05) is 34.3 Å². The van der Waals surface area contributed by atoms with E-state index >= 15 is 0 Å². The quantitative estimate of drug-likeness (QED) is 0.439. The molecule has 3 heterocycles. The van der Waals surface area contributed by atoms with Crippen LogP contribution in [-0.4, -0.2) is 64.7 Å². The van der Waals surface area contributed by atoms with Gasteiger partial charge in [-0.3, -0.25) is 4.98 Å². The van der Waals surface area contributed by atoms with Crippen LogP contribution in [0.15, 0.2) is 67.0 Å². The molecular weight excluding hydrogens is 422 g/mol. The number of benzene rings is 1. The van der Waals surface area contributed by atoms with Crippen molar-refractivity contribution in [3.8, 4) is 5.69 Å². The number of ether oxygens (including phenoxy) is 1. The van der Waals surface area contributed by atoms with Crippen LogP contribution in [0.4, 0.5) is 0 Å². The number of thiocarbonyl (C=S) groups is 1. The molecule has 1 aromatic carbocycles. The van der Waals surface area contributed by atoms with Gasteiger partial charge in [0.2, 0.25) is 0 Å². The zero-order valence-corrected chi connectivity index (χ0v) is 19.2. The highest BCUT2D eigenvalue weighted by Crippen LogP contribution is 2.39. The Kier molecular flexibility index (Phi) is 6.53. The molecule has 2 aromatic heterocycles. The van der Waals surface area contributed by atoms with Crippen LogP contribution in [0.1, 0.15) is 33.8 Å². The van der Waals surface area contributed by atoms with E-state index in [0.29, 0.717) is 10.7 Å². The van der Waals surface area contributed by atoms with E-state index in [-0.39, 0.29) is 18.1 Å². The van der Waals surface area contributed by atoms with Crippen LogP contribution in [0, 0.1) is 0 Å². The normalized spacial score (nSPS) is 18.1. The Labute approximate surface area is 193 Å². The summed E-state index contributed by atoms with van der Waals surface area (Å²) in [5.41, 5.74) is 3.21. The van der Waals surface area contributed by atoms with Crippen LogP contribution in [0.3, 0.4) is 0 Å².